The zero-order valence-electron chi connectivity index (χ0n) is 28.1. The molecule has 3 rings (SSSR count). The molecule has 0 heterocycles. The van der Waals surface area contributed by atoms with Crippen molar-refractivity contribution in [1.82, 2.24) is 0 Å². The topological polar surface area (TPSA) is 51.2 Å². The second-order valence-electron chi connectivity index (χ2n) is 12.9. The highest BCUT2D eigenvalue weighted by Gasteiger charge is 2.15. The van der Waals surface area contributed by atoms with Crippen molar-refractivity contribution in [2.45, 2.75) is 116 Å². The van der Waals surface area contributed by atoms with Crippen molar-refractivity contribution >= 4 is 17.3 Å². The monoisotopic (exact) mass is 602 g/mol. The van der Waals surface area contributed by atoms with Crippen molar-refractivity contribution in [2.24, 2.45) is 17.8 Å². The molecule has 3 heteroatoms. The minimum Gasteiger partial charge on any atom is -0.294 e. The molecule has 0 aliphatic carbocycles. The van der Waals surface area contributed by atoms with Crippen LogP contribution in [0.4, 0.5) is 0 Å². The first kappa shape index (κ1) is 42.8. The van der Waals surface area contributed by atoms with E-state index < -0.39 is 0 Å². The summed E-state index contributed by atoms with van der Waals surface area (Å²) in [6, 6.07) is 23.8. The van der Waals surface area contributed by atoms with Crippen LogP contribution in [0, 0.1) is 17.8 Å². The zero-order valence-corrected chi connectivity index (χ0v) is 28.1. The molecular weight excluding hydrogens is 540 g/mol. The molecule has 3 aromatic rings. The Morgan fingerprint density at radius 2 is 0.886 bits per heavy atom. The standard InChI is InChI=1S/3C13H18O.2CH4/c1-9(2)11-5-7-12(8-6-11)13(14)10(3)4;1-9(2)11-6-5-7-12(8-11)13(14)10(3)4;1-9(2)11-7-5-6-8-12(11)13(14)10(3)4;;/h3*5-10H,1-4H3;2*1H4. The summed E-state index contributed by atoms with van der Waals surface area (Å²) in [6.45, 7) is 24.4. The first-order chi connectivity index (χ1) is 19.6. The summed E-state index contributed by atoms with van der Waals surface area (Å²) in [5.41, 5.74) is 6.22. The van der Waals surface area contributed by atoms with Gasteiger partial charge in [-0.2, -0.15) is 0 Å². The van der Waals surface area contributed by atoms with Gasteiger partial charge in [-0.15, -0.1) is 0 Å². The second kappa shape index (κ2) is 20.6. The average Bonchev–Trinajstić information content (AvgIpc) is 2.96. The highest BCUT2D eigenvalue weighted by atomic mass is 16.1. The van der Waals surface area contributed by atoms with E-state index in [0.717, 1.165) is 22.3 Å². The summed E-state index contributed by atoms with van der Waals surface area (Å²) >= 11 is 0. The fourth-order valence-corrected chi connectivity index (χ4v) is 4.29. The van der Waals surface area contributed by atoms with E-state index in [1.807, 2.05) is 108 Å². The van der Waals surface area contributed by atoms with E-state index in [4.69, 9.17) is 0 Å². The Morgan fingerprint density at radius 3 is 1.32 bits per heavy atom. The van der Waals surface area contributed by atoms with E-state index in [2.05, 4.69) is 47.6 Å². The SMILES string of the molecule is C.C.CC(C)C(=O)c1ccc(C(C)C)cc1.CC(C)C(=O)c1cccc(C(C)C)c1.CC(C)C(=O)c1ccccc1C(C)C. The third-order valence-corrected chi connectivity index (χ3v) is 7.12. The number of hydrogen-bond acceptors (Lipinski definition) is 3. The predicted octanol–water partition coefficient (Wildman–Crippen LogP) is 12.2. The first-order valence-electron chi connectivity index (χ1n) is 15.5. The zero-order chi connectivity index (χ0) is 32.1. The third-order valence-electron chi connectivity index (χ3n) is 7.12. The van der Waals surface area contributed by atoms with Crippen molar-refractivity contribution < 1.29 is 14.4 Å². The molecule has 0 spiro atoms. The van der Waals surface area contributed by atoms with Crippen molar-refractivity contribution in [3.8, 4) is 0 Å². The van der Waals surface area contributed by atoms with Crippen molar-refractivity contribution in [2.75, 3.05) is 0 Å². The van der Waals surface area contributed by atoms with Crippen molar-refractivity contribution in [3.63, 3.8) is 0 Å². The van der Waals surface area contributed by atoms with E-state index in [1.54, 1.807) is 0 Å². The molecule has 3 nitrogen and oxygen atoms in total. The van der Waals surface area contributed by atoms with Gasteiger partial charge in [0.1, 0.15) is 0 Å². The molecule has 0 saturated heterocycles. The quantitative estimate of drug-likeness (QED) is 0.229. The number of carbonyl (C=O) groups excluding carboxylic acids is 3. The lowest BCUT2D eigenvalue weighted by molar-refractivity contribution is 0.0931. The number of Topliss-reactive ketones (excluding diaryl/α,β-unsaturated/α-hetero) is 3. The molecule has 0 fully saturated rings. The molecule has 3 aromatic carbocycles. The maximum atomic E-state index is 11.9. The first-order valence-corrected chi connectivity index (χ1v) is 15.5. The van der Waals surface area contributed by atoms with Crippen LogP contribution in [0.5, 0.6) is 0 Å². The molecule has 0 unspecified atom stereocenters. The molecule has 0 radical (unpaired) electrons. The van der Waals surface area contributed by atoms with Crippen LogP contribution in [-0.2, 0) is 0 Å². The Labute approximate surface area is 270 Å². The maximum absolute atomic E-state index is 11.9. The van der Waals surface area contributed by atoms with Gasteiger partial charge in [-0.1, -0.05) is 165 Å². The van der Waals surface area contributed by atoms with Crippen LogP contribution in [0.15, 0.2) is 72.8 Å². The summed E-state index contributed by atoms with van der Waals surface area (Å²) < 4.78 is 0. The molecular formula is C41H62O3. The van der Waals surface area contributed by atoms with E-state index in [-0.39, 0.29) is 50.0 Å². The Bertz CT molecular complexity index is 1280. The van der Waals surface area contributed by atoms with Gasteiger partial charge >= 0.3 is 0 Å². The van der Waals surface area contributed by atoms with Gasteiger partial charge in [0.2, 0.25) is 0 Å². The highest BCUT2D eigenvalue weighted by Crippen LogP contribution is 2.22. The van der Waals surface area contributed by atoms with Crippen molar-refractivity contribution in [1.29, 1.82) is 0 Å². The minimum absolute atomic E-state index is 0. The summed E-state index contributed by atoms with van der Waals surface area (Å²) in [5.74, 6) is 2.36. The minimum atomic E-state index is 0. The van der Waals surface area contributed by atoms with Gasteiger partial charge in [-0.05, 0) is 40.5 Å². The number of hydrogen-bond donors (Lipinski definition) is 0. The lowest BCUT2D eigenvalue weighted by atomic mass is 9.91. The lowest BCUT2D eigenvalue weighted by Crippen LogP contribution is -2.10. The van der Waals surface area contributed by atoms with E-state index >= 15 is 0 Å². The average molecular weight is 603 g/mol. The van der Waals surface area contributed by atoms with Crippen LogP contribution in [0.1, 0.15) is 163 Å². The third kappa shape index (κ3) is 13.5. The van der Waals surface area contributed by atoms with Crippen LogP contribution in [0.3, 0.4) is 0 Å². The molecule has 0 N–H and O–H groups in total. The molecule has 0 saturated carbocycles. The van der Waals surface area contributed by atoms with Gasteiger partial charge in [-0.25, -0.2) is 0 Å². The van der Waals surface area contributed by atoms with Crippen LogP contribution in [0.25, 0.3) is 0 Å². The van der Waals surface area contributed by atoms with Crippen molar-refractivity contribution in [3.05, 3.63) is 106 Å². The van der Waals surface area contributed by atoms with Gasteiger partial charge < -0.3 is 0 Å². The van der Waals surface area contributed by atoms with E-state index in [1.165, 1.54) is 11.1 Å². The van der Waals surface area contributed by atoms with Crippen LogP contribution in [-0.4, -0.2) is 17.3 Å². The lowest BCUT2D eigenvalue weighted by Gasteiger charge is -2.12. The Morgan fingerprint density at radius 1 is 0.432 bits per heavy atom. The second-order valence-corrected chi connectivity index (χ2v) is 12.9. The van der Waals surface area contributed by atoms with Crippen LogP contribution in [0.2, 0.25) is 0 Å². The van der Waals surface area contributed by atoms with Gasteiger partial charge in [0, 0.05) is 34.4 Å². The summed E-state index contributed by atoms with van der Waals surface area (Å²) in [5, 5.41) is 0. The number of ketones is 3. The maximum Gasteiger partial charge on any atom is 0.165 e. The molecule has 0 aliphatic rings. The smallest absolute Gasteiger partial charge is 0.165 e. The largest absolute Gasteiger partial charge is 0.294 e. The highest BCUT2D eigenvalue weighted by molar-refractivity contribution is 5.99. The molecule has 0 atom stereocenters. The normalized spacial score (nSPS) is 10.5. The molecule has 0 bridgehead atoms. The number of carbonyl (C=O) groups is 3. The Kier molecular flexibility index (Phi) is 20.0. The van der Waals surface area contributed by atoms with E-state index in [0.29, 0.717) is 17.8 Å². The van der Waals surface area contributed by atoms with Gasteiger partial charge in [0.05, 0.1) is 0 Å². The van der Waals surface area contributed by atoms with Gasteiger partial charge in [-0.3, -0.25) is 14.4 Å². The molecule has 0 aromatic heterocycles. The van der Waals surface area contributed by atoms with E-state index in [9.17, 15) is 14.4 Å². The molecule has 0 aliphatic heterocycles. The molecule has 44 heavy (non-hydrogen) atoms. The Hall–Kier alpha value is -3.33. The fourth-order valence-electron chi connectivity index (χ4n) is 4.29. The molecule has 0 amide bonds. The summed E-state index contributed by atoms with van der Waals surface area (Å²) in [6.07, 6.45) is 0. The molecule has 244 valence electrons. The van der Waals surface area contributed by atoms with Crippen LogP contribution < -0.4 is 0 Å². The fraction of sp³-hybridized carbons (Fsp3) is 0.488. The van der Waals surface area contributed by atoms with Gasteiger partial charge in [0.15, 0.2) is 17.3 Å². The predicted molar refractivity (Wildman–Crippen MR) is 193 cm³/mol. The Balaban J connectivity index is 0. The summed E-state index contributed by atoms with van der Waals surface area (Å²) in [4.78, 5) is 35.2. The van der Waals surface area contributed by atoms with Gasteiger partial charge in [0.25, 0.3) is 0 Å². The number of rotatable bonds is 9. The van der Waals surface area contributed by atoms with Crippen LogP contribution >= 0.6 is 0 Å². The summed E-state index contributed by atoms with van der Waals surface area (Å²) in [7, 11) is 0. The number of benzene rings is 3.